The van der Waals surface area contributed by atoms with Crippen molar-refractivity contribution in [1.29, 1.82) is 0 Å². The van der Waals surface area contributed by atoms with E-state index in [2.05, 4.69) is 44.3 Å². The topological polar surface area (TPSA) is 76.5 Å². The second kappa shape index (κ2) is 7.92. The summed E-state index contributed by atoms with van der Waals surface area (Å²) >= 11 is 0. The van der Waals surface area contributed by atoms with Crippen LogP contribution in [-0.4, -0.2) is 25.1 Å². The van der Waals surface area contributed by atoms with Crippen molar-refractivity contribution in [2.75, 3.05) is 5.32 Å². The predicted octanol–water partition coefficient (Wildman–Crippen LogP) is 4.85. The minimum Gasteiger partial charge on any atom is -0.323 e. The maximum Gasteiger partial charge on any atom is 0.154 e. The summed E-state index contributed by atoms with van der Waals surface area (Å²) in [6.45, 7) is 4.25. The van der Waals surface area contributed by atoms with E-state index in [-0.39, 0.29) is 0 Å². The number of pyridine rings is 3. The van der Waals surface area contributed by atoms with Crippen LogP contribution in [0.2, 0.25) is 0 Å². The van der Waals surface area contributed by atoms with Crippen molar-refractivity contribution in [3.63, 3.8) is 0 Å². The van der Waals surface area contributed by atoms with Gasteiger partial charge in [-0.3, -0.25) is 9.97 Å². The molecule has 0 unspecified atom stereocenters. The second-order valence-corrected chi connectivity index (χ2v) is 6.77. The highest BCUT2D eigenvalue weighted by Crippen LogP contribution is 2.20. The number of hydrogen-bond acceptors (Lipinski definition) is 6. The van der Waals surface area contributed by atoms with Crippen molar-refractivity contribution in [3.05, 3.63) is 77.9 Å². The lowest BCUT2D eigenvalue weighted by Crippen LogP contribution is -2.00. The van der Waals surface area contributed by atoms with Gasteiger partial charge >= 0.3 is 0 Å². The number of aromatic nitrogens is 5. The molecule has 0 aromatic carbocycles. The van der Waals surface area contributed by atoms with Crippen LogP contribution in [0.4, 0.5) is 11.6 Å². The fraction of sp³-hybridized carbons (Fsp3) is 0.136. The van der Waals surface area contributed by atoms with Crippen LogP contribution in [0.15, 0.2) is 61.2 Å². The summed E-state index contributed by atoms with van der Waals surface area (Å²) in [5, 5.41) is 11.4. The summed E-state index contributed by atoms with van der Waals surface area (Å²) in [6, 6.07) is 11.8. The highest BCUT2D eigenvalue weighted by atomic mass is 15.2. The molecule has 4 rings (SSSR count). The molecule has 0 saturated carbocycles. The zero-order valence-electron chi connectivity index (χ0n) is 15.7. The summed E-state index contributed by atoms with van der Waals surface area (Å²) in [5.74, 6) is 1.78. The van der Waals surface area contributed by atoms with Crippen molar-refractivity contribution < 1.29 is 0 Å². The van der Waals surface area contributed by atoms with Gasteiger partial charge in [0, 0.05) is 18.6 Å². The minimum absolute atomic E-state index is 0.388. The number of hydrogen-bond donors (Lipinski definition) is 1. The van der Waals surface area contributed by atoms with E-state index in [0.29, 0.717) is 17.6 Å². The monoisotopic (exact) mass is 368 g/mol. The molecule has 0 aliphatic rings. The Bertz CT molecular complexity index is 1120. The Morgan fingerprint density at radius 2 is 1.68 bits per heavy atom. The van der Waals surface area contributed by atoms with Crippen molar-refractivity contribution in [2.24, 2.45) is 0 Å². The van der Waals surface area contributed by atoms with Gasteiger partial charge in [0.05, 0.1) is 17.2 Å². The summed E-state index contributed by atoms with van der Waals surface area (Å²) in [4.78, 5) is 13.2. The summed E-state index contributed by atoms with van der Waals surface area (Å²) in [7, 11) is 0. The molecule has 6 heteroatoms. The van der Waals surface area contributed by atoms with E-state index >= 15 is 0 Å². The molecule has 0 amide bonds. The minimum atomic E-state index is 0.388. The van der Waals surface area contributed by atoms with Crippen LogP contribution in [0.25, 0.3) is 23.2 Å². The van der Waals surface area contributed by atoms with Crippen molar-refractivity contribution in [2.45, 2.75) is 19.8 Å². The molecule has 138 valence electrons. The standard InChI is InChI=1S/C22H20N6/c1-15(2)18-12-22(28-25-14-18)27-21-6-5-19-20(26-21)11-17(13-24-19)4-3-16-7-9-23-10-8-16/h3-15H,1-2H3,(H,26,27,28)/b4-3+. The molecule has 6 nitrogen and oxygen atoms in total. The van der Waals surface area contributed by atoms with Crippen molar-refractivity contribution in [1.82, 2.24) is 25.1 Å². The lowest BCUT2D eigenvalue weighted by atomic mass is 10.1. The van der Waals surface area contributed by atoms with E-state index in [1.165, 1.54) is 0 Å². The zero-order chi connectivity index (χ0) is 19.3. The zero-order valence-corrected chi connectivity index (χ0v) is 15.7. The van der Waals surface area contributed by atoms with Gasteiger partial charge in [-0.2, -0.15) is 5.10 Å². The van der Waals surface area contributed by atoms with Gasteiger partial charge in [0.25, 0.3) is 0 Å². The molecule has 4 heterocycles. The lowest BCUT2D eigenvalue weighted by Gasteiger charge is -2.08. The van der Waals surface area contributed by atoms with Crippen LogP contribution < -0.4 is 5.32 Å². The molecule has 28 heavy (non-hydrogen) atoms. The van der Waals surface area contributed by atoms with Gasteiger partial charge in [-0.15, -0.1) is 5.10 Å². The fourth-order valence-electron chi connectivity index (χ4n) is 2.74. The third-order valence-corrected chi connectivity index (χ3v) is 4.33. The van der Waals surface area contributed by atoms with Crippen LogP contribution >= 0.6 is 0 Å². The molecule has 0 saturated heterocycles. The van der Waals surface area contributed by atoms with Crippen LogP contribution in [0.1, 0.15) is 36.5 Å². The average Bonchev–Trinajstić information content (AvgIpc) is 2.73. The highest BCUT2D eigenvalue weighted by molar-refractivity contribution is 5.81. The maximum atomic E-state index is 4.68. The smallest absolute Gasteiger partial charge is 0.154 e. The van der Waals surface area contributed by atoms with Gasteiger partial charge in [0.15, 0.2) is 5.82 Å². The molecule has 0 aliphatic carbocycles. The molecule has 0 atom stereocenters. The van der Waals surface area contributed by atoms with E-state index in [1.54, 1.807) is 18.6 Å². The maximum absolute atomic E-state index is 4.68. The van der Waals surface area contributed by atoms with E-state index in [1.807, 2.05) is 54.7 Å². The Kier molecular flexibility index (Phi) is 5.01. The molecule has 0 spiro atoms. The van der Waals surface area contributed by atoms with Crippen LogP contribution in [0.3, 0.4) is 0 Å². The Hall–Kier alpha value is -3.67. The molecule has 0 fully saturated rings. The molecule has 4 aromatic rings. The van der Waals surface area contributed by atoms with Crippen molar-refractivity contribution >= 4 is 34.8 Å². The molecule has 4 aromatic heterocycles. The first-order chi connectivity index (χ1) is 13.7. The van der Waals surface area contributed by atoms with Gasteiger partial charge in [-0.05, 0) is 59.0 Å². The van der Waals surface area contributed by atoms with E-state index in [4.69, 9.17) is 0 Å². The second-order valence-electron chi connectivity index (χ2n) is 6.77. The Morgan fingerprint density at radius 3 is 2.50 bits per heavy atom. The Labute approximate surface area is 163 Å². The van der Waals surface area contributed by atoms with Gasteiger partial charge in [0.2, 0.25) is 0 Å². The number of nitrogens with zero attached hydrogens (tertiary/aromatic N) is 5. The first-order valence-electron chi connectivity index (χ1n) is 9.12. The third kappa shape index (κ3) is 4.17. The van der Waals surface area contributed by atoms with E-state index in [0.717, 1.165) is 27.7 Å². The lowest BCUT2D eigenvalue weighted by molar-refractivity contribution is 0.843. The number of anilines is 2. The first-order valence-corrected chi connectivity index (χ1v) is 9.12. The van der Waals surface area contributed by atoms with Crippen LogP contribution in [0, 0.1) is 0 Å². The van der Waals surface area contributed by atoms with Gasteiger partial charge < -0.3 is 5.32 Å². The Balaban J connectivity index is 1.59. The number of fused-ring (bicyclic) bond motifs is 1. The third-order valence-electron chi connectivity index (χ3n) is 4.33. The molecular formula is C22H20N6. The summed E-state index contributed by atoms with van der Waals surface area (Å²) < 4.78 is 0. The van der Waals surface area contributed by atoms with Crippen LogP contribution in [-0.2, 0) is 0 Å². The fourth-order valence-corrected chi connectivity index (χ4v) is 2.74. The van der Waals surface area contributed by atoms with E-state index < -0.39 is 0 Å². The van der Waals surface area contributed by atoms with Gasteiger partial charge in [-0.1, -0.05) is 26.0 Å². The normalized spacial score (nSPS) is 11.4. The first kappa shape index (κ1) is 17.7. The largest absolute Gasteiger partial charge is 0.323 e. The van der Waals surface area contributed by atoms with Crippen LogP contribution in [0.5, 0.6) is 0 Å². The quantitative estimate of drug-likeness (QED) is 0.542. The summed E-state index contributed by atoms with van der Waals surface area (Å²) in [5.41, 5.74) is 4.85. The van der Waals surface area contributed by atoms with E-state index in [9.17, 15) is 0 Å². The van der Waals surface area contributed by atoms with Gasteiger partial charge in [0.1, 0.15) is 5.82 Å². The molecule has 0 aliphatic heterocycles. The number of nitrogens with one attached hydrogen (secondary N) is 1. The molecule has 0 bridgehead atoms. The van der Waals surface area contributed by atoms with Gasteiger partial charge in [-0.25, -0.2) is 4.98 Å². The summed E-state index contributed by atoms with van der Waals surface area (Å²) in [6.07, 6.45) is 11.2. The van der Waals surface area contributed by atoms with Crippen molar-refractivity contribution in [3.8, 4) is 0 Å². The number of rotatable bonds is 5. The molecular weight excluding hydrogens is 348 g/mol. The average molecular weight is 368 g/mol. The molecule has 0 radical (unpaired) electrons. The predicted molar refractivity (Wildman–Crippen MR) is 112 cm³/mol. The SMILES string of the molecule is CC(C)c1cnnc(Nc2ccc3ncc(/C=C/c4ccncc4)cc3n2)c1. The Morgan fingerprint density at radius 1 is 0.857 bits per heavy atom. The molecule has 1 N–H and O–H groups in total. The highest BCUT2D eigenvalue weighted by Gasteiger charge is 2.05.